The van der Waals surface area contributed by atoms with Crippen molar-refractivity contribution in [3.8, 4) is 27.9 Å². The number of hydrogen-bond donors (Lipinski definition) is 0. The van der Waals surface area contributed by atoms with Gasteiger partial charge in [0, 0.05) is 50.5 Å². The molecule has 10 rings (SSSR count). The lowest BCUT2D eigenvalue weighted by Gasteiger charge is -2.29. The van der Waals surface area contributed by atoms with Gasteiger partial charge in [-0.2, -0.15) is 0 Å². The summed E-state index contributed by atoms with van der Waals surface area (Å²) in [5.41, 5.74) is 14.7. The predicted octanol–water partition coefficient (Wildman–Crippen LogP) is 15.1. The first-order chi connectivity index (χ1) is 28.3. The molecule has 9 aromatic carbocycles. The maximum Gasteiger partial charge on any atom is 0.0640 e. The van der Waals surface area contributed by atoms with E-state index in [1.165, 1.54) is 27.4 Å². The predicted molar refractivity (Wildman–Crippen MR) is 241 cm³/mol. The lowest BCUT2D eigenvalue weighted by molar-refractivity contribution is 1.18. The van der Waals surface area contributed by atoms with Crippen molar-refractivity contribution in [1.82, 2.24) is 4.57 Å². The van der Waals surface area contributed by atoms with Crippen LogP contribution in [0.2, 0.25) is 0 Å². The van der Waals surface area contributed by atoms with Gasteiger partial charge in [0.05, 0.1) is 16.7 Å². The van der Waals surface area contributed by atoms with Crippen molar-refractivity contribution in [3.63, 3.8) is 0 Å². The molecule has 0 aliphatic heterocycles. The molecule has 0 aliphatic rings. The smallest absolute Gasteiger partial charge is 0.0640 e. The second kappa shape index (κ2) is 14.9. The lowest BCUT2D eigenvalue weighted by Crippen LogP contribution is -2.12. The van der Waals surface area contributed by atoms with Crippen LogP contribution in [0.4, 0.5) is 34.1 Å². The molecule has 57 heavy (non-hydrogen) atoms. The lowest BCUT2D eigenvalue weighted by atomic mass is 9.97. The summed E-state index contributed by atoms with van der Waals surface area (Å²) in [6.07, 6.45) is 0. The highest BCUT2D eigenvalue weighted by Crippen LogP contribution is 2.49. The molecule has 0 unspecified atom stereocenters. The van der Waals surface area contributed by atoms with E-state index in [1.807, 2.05) is 0 Å². The normalized spacial score (nSPS) is 11.2. The topological polar surface area (TPSA) is 11.4 Å². The summed E-state index contributed by atoms with van der Waals surface area (Å²) in [6.45, 7) is 0. The molecule has 1 aromatic heterocycles. The number of aromatic nitrogens is 1. The Morgan fingerprint density at radius 3 is 1.28 bits per heavy atom. The van der Waals surface area contributed by atoms with Gasteiger partial charge in [0.15, 0.2) is 0 Å². The van der Waals surface area contributed by atoms with Crippen LogP contribution < -0.4 is 9.80 Å². The first kappa shape index (κ1) is 33.9. The summed E-state index contributed by atoms with van der Waals surface area (Å²) in [5, 5.41) is 2.40. The van der Waals surface area contributed by atoms with Gasteiger partial charge in [-0.3, -0.25) is 0 Å². The van der Waals surface area contributed by atoms with Crippen LogP contribution in [0.25, 0.3) is 49.7 Å². The van der Waals surface area contributed by atoms with Crippen LogP contribution in [0.5, 0.6) is 0 Å². The quantitative estimate of drug-likeness (QED) is 0.147. The highest BCUT2D eigenvalue weighted by Gasteiger charge is 2.25. The minimum Gasteiger partial charge on any atom is -0.311 e. The molecule has 0 amide bonds. The fourth-order valence-corrected chi connectivity index (χ4v) is 8.17. The third-order valence-corrected chi connectivity index (χ3v) is 10.8. The summed E-state index contributed by atoms with van der Waals surface area (Å²) in [5.74, 6) is 0. The Balaban J connectivity index is 1.23. The van der Waals surface area contributed by atoms with Crippen LogP contribution >= 0.6 is 0 Å². The number of fused-ring (bicyclic) bond motifs is 3. The van der Waals surface area contributed by atoms with Gasteiger partial charge in [-0.15, -0.1) is 0 Å². The third-order valence-electron chi connectivity index (χ3n) is 10.8. The summed E-state index contributed by atoms with van der Waals surface area (Å²) < 4.78 is 2.40. The van der Waals surface area contributed by atoms with Crippen molar-refractivity contribution in [1.29, 1.82) is 0 Å². The monoisotopic (exact) mass is 729 g/mol. The largest absolute Gasteiger partial charge is 0.311 e. The third kappa shape index (κ3) is 6.31. The molecule has 1 heterocycles. The minimum absolute atomic E-state index is 1.09. The highest BCUT2D eigenvalue weighted by atomic mass is 15.2. The molecule has 3 heteroatoms. The molecular formula is C54H39N3. The molecule has 0 atom stereocenters. The molecule has 0 saturated carbocycles. The van der Waals surface area contributed by atoms with E-state index < -0.39 is 0 Å². The van der Waals surface area contributed by atoms with Crippen LogP contribution in [0.3, 0.4) is 0 Å². The van der Waals surface area contributed by atoms with Gasteiger partial charge in [-0.25, -0.2) is 0 Å². The van der Waals surface area contributed by atoms with Crippen molar-refractivity contribution in [2.75, 3.05) is 9.80 Å². The molecule has 0 N–H and O–H groups in total. The van der Waals surface area contributed by atoms with E-state index >= 15 is 0 Å². The minimum atomic E-state index is 1.09. The van der Waals surface area contributed by atoms with Gasteiger partial charge in [0.25, 0.3) is 0 Å². The SMILES string of the molecule is c1ccc(-c2ccc(N(c3ccccc3)c3c(-c4ccc(N(c5ccccc5)c5ccccc5)cc4)ccc4c3c3ccccc3n4-c3ccccc3)cc2)cc1. The van der Waals surface area contributed by atoms with Crippen molar-refractivity contribution >= 4 is 55.9 Å². The number of rotatable bonds is 9. The maximum atomic E-state index is 2.45. The first-order valence-electron chi connectivity index (χ1n) is 19.4. The van der Waals surface area contributed by atoms with E-state index in [2.05, 4.69) is 251 Å². The Bertz CT molecular complexity index is 2870. The zero-order valence-electron chi connectivity index (χ0n) is 31.4. The zero-order chi connectivity index (χ0) is 38.0. The summed E-state index contributed by atoms with van der Waals surface area (Å²) in [7, 11) is 0. The highest BCUT2D eigenvalue weighted by molar-refractivity contribution is 6.19. The van der Waals surface area contributed by atoms with E-state index in [1.54, 1.807) is 0 Å². The van der Waals surface area contributed by atoms with Crippen molar-refractivity contribution in [2.45, 2.75) is 0 Å². The van der Waals surface area contributed by atoms with E-state index in [9.17, 15) is 0 Å². The van der Waals surface area contributed by atoms with Crippen LogP contribution in [-0.4, -0.2) is 4.57 Å². The van der Waals surface area contributed by atoms with Gasteiger partial charge < -0.3 is 14.4 Å². The molecule has 0 spiro atoms. The molecular weight excluding hydrogens is 691 g/mol. The Kier molecular flexibility index (Phi) is 8.86. The number of para-hydroxylation sites is 5. The summed E-state index contributed by atoms with van der Waals surface area (Å²) >= 11 is 0. The fourth-order valence-electron chi connectivity index (χ4n) is 8.17. The Labute approximate surface area is 333 Å². The van der Waals surface area contributed by atoms with Gasteiger partial charge in [0.2, 0.25) is 0 Å². The number of nitrogens with zero attached hydrogens (tertiary/aromatic N) is 3. The van der Waals surface area contributed by atoms with Crippen LogP contribution in [0.1, 0.15) is 0 Å². The molecule has 0 fully saturated rings. The van der Waals surface area contributed by atoms with E-state index in [0.29, 0.717) is 0 Å². The van der Waals surface area contributed by atoms with Crippen molar-refractivity contribution in [3.05, 3.63) is 237 Å². The molecule has 0 aliphatic carbocycles. The van der Waals surface area contributed by atoms with Crippen LogP contribution in [0.15, 0.2) is 237 Å². The Morgan fingerprint density at radius 2 is 0.702 bits per heavy atom. The van der Waals surface area contributed by atoms with Gasteiger partial charge >= 0.3 is 0 Å². The second-order valence-corrected chi connectivity index (χ2v) is 14.2. The van der Waals surface area contributed by atoms with Crippen molar-refractivity contribution in [2.24, 2.45) is 0 Å². The molecule has 3 nitrogen and oxygen atoms in total. The molecule has 10 aromatic rings. The zero-order valence-corrected chi connectivity index (χ0v) is 31.4. The van der Waals surface area contributed by atoms with E-state index in [4.69, 9.17) is 0 Å². The molecule has 0 saturated heterocycles. The number of anilines is 6. The van der Waals surface area contributed by atoms with Crippen molar-refractivity contribution < 1.29 is 0 Å². The number of benzene rings is 9. The average molecular weight is 730 g/mol. The van der Waals surface area contributed by atoms with Gasteiger partial charge in [-0.1, -0.05) is 152 Å². The Hall–Kier alpha value is -7.62. The maximum absolute atomic E-state index is 2.45. The van der Waals surface area contributed by atoms with Gasteiger partial charge in [0.1, 0.15) is 0 Å². The van der Waals surface area contributed by atoms with E-state index in [-0.39, 0.29) is 0 Å². The fraction of sp³-hybridized carbons (Fsp3) is 0. The molecule has 270 valence electrons. The summed E-state index contributed by atoms with van der Waals surface area (Å²) in [6, 6.07) is 84.7. The van der Waals surface area contributed by atoms with Crippen LogP contribution in [-0.2, 0) is 0 Å². The van der Waals surface area contributed by atoms with Gasteiger partial charge in [-0.05, 0) is 102 Å². The standard InChI is InChI=1S/C54H39N3/c1-6-18-40(19-7-1)41-30-34-48(35-31-41)56(45-24-12-4-13-25-45)54-49(38-39-52-53(54)50-28-16-17-29-51(50)57(52)46-26-14-5-15-27-46)42-32-36-47(37-33-42)55(43-20-8-2-9-21-43)44-22-10-3-11-23-44/h1-39H. The first-order valence-corrected chi connectivity index (χ1v) is 19.4. The second-order valence-electron chi connectivity index (χ2n) is 14.2. The molecule has 0 radical (unpaired) electrons. The average Bonchev–Trinajstić information content (AvgIpc) is 3.63. The molecule has 0 bridgehead atoms. The summed E-state index contributed by atoms with van der Waals surface area (Å²) in [4.78, 5) is 4.76. The number of hydrogen-bond acceptors (Lipinski definition) is 2. The van der Waals surface area contributed by atoms with Crippen LogP contribution in [0, 0.1) is 0 Å². The Morgan fingerprint density at radius 1 is 0.281 bits per heavy atom. The van der Waals surface area contributed by atoms with E-state index in [0.717, 1.165) is 56.5 Å².